The summed E-state index contributed by atoms with van der Waals surface area (Å²) in [6.45, 7) is 4.01. The van der Waals surface area contributed by atoms with E-state index in [0.717, 1.165) is 5.56 Å². The number of nitrogens with zero attached hydrogens (tertiary/aromatic N) is 2. The van der Waals surface area contributed by atoms with E-state index in [1.54, 1.807) is 35.9 Å². The third-order valence-electron chi connectivity index (χ3n) is 4.08. The highest BCUT2D eigenvalue weighted by molar-refractivity contribution is 7.91. The maximum Gasteiger partial charge on any atom is 0.237 e. The molecular weight excluding hydrogens is 353 g/mol. The summed E-state index contributed by atoms with van der Waals surface area (Å²) < 4.78 is 42.4. The fraction of sp³-hybridized carbons (Fsp3) is 0.211. The molecule has 0 aliphatic heterocycles. The number of rotatable bonds is 6. The molecule has 0 atom stereocenters. The minimum absolute atomic E-state index is 0.101. The van der Waals surface area contributed by atoms with Crippen LogP contribution in [0, 0.1) is 19.7 Å². The average molecular weight is 373 g/mol. The molecule has 0 radical (unpaired) electrons. The molecule has 5 nitrogen and oxygen atoms in total. The molecule has 136 valence electrons. The van der Waals surface area contributed by atoms with Crippen molar-refractivity contribution in [3.05, 3.63) is 82.9 Å². The van der Waals surface area contributed by atoms with E-state index in [-0.39, 0.29) is 11.6 Å². The first-order chi connectivity index (χ1) is 12.3. The molecule has 1 aromatic heterocycles. The standard InChI is InChI=1S/C19H20FN3O2S/c1-14-19(22-26(24,25)13-17-6-4-3-5-7-17)15(2)23(21-14)12-16-8-10-18(20)11-9-16/h3-11,22H,12-13H2,1-2H3. The third kappa shape index (κ3) is 4.29. The van der Waals surface area contributed by atoms with Crippen LogP contribution in [0.15, 0.2) is 54.6 Å². The van der Waals surface area contributed by atoms with Gasteiger partial charge >= 0.3 is 0 Å². The maximum atomic E-state index is 13.0. The van der Waals surface area contributed by atoms with E-state index in [1.807, 2.05) is 25.1 Å². The molecule has 2 aromatic carbocycles. The second kappa shape index (κ2) is 7.29. The minimum atomic E-state index is -3.55. The second-order valence-electron chi connectivity index (χ2n) is 6.18. The van der Waals surface area contributed by atoms with Crippen LogP contribution in [-0.4, -0.2) is 18.2 Å². The molecule has 0 bridgehead atoms. The fourth-order valence-electron chi connectivity index (χ4n) is 2.75. The SMILES string of the molecule is Cc1nn(Cc2ccc(F)cc2)c(C)c1NS(=O)(=O)Cc1ccccc1. The zero-order valence-corrected chi connectivity index (χ0v) is 15.4. The molecule has 0 fully saturated rings. The normalized spacial score (nSPS) is 11.5. The van der Waals surface area contributed by atoms with Crippen LogP contribution in [0.25, 0.3) is 0 Å². The topological polar surface area (TPSA) is 64.0 Å². The van der Waals surface area contributed by atoms with Crippen molar-refractivity contribution >= 4 is 15.7 Å². The van der Waals surface area contributed by atoms with Crippen LogP contribution in [0.4, 0.5) is 10.1 Å². The van der Waals surface area contributed by atoms with E-state index in [2.05, 4.69) is 9.82 Å². The lowest BCUT2D eigenvalue weighted by atomic mass is 10.2. The van der Waals surface area contributed by atoms with Crippen LogP contribution in [0.2, 0.25) is 0 Å². The van der Waals surface area contributed by atoms with Crippen molar-refractivity contribution in [2.24, 2.45) is 0 Å². The number of hydrogen-bond acceptors (Lipinski definition) is 3. The molecule has 26 heavy (non-hydrogen) atoms. The van der Waals surface area contributed by atoms with Gasteiger partial charge in [0.2, 0.25) is 10.0 Å². The lowest BCUT2D eigenvalue weighted by molar-refractivity contribution is 0.600. The van der Waals surface area contributed by atoms with Gasteiger partial charge in [-0.2, -0.15) is 5.10 Å². The number of nitrogens with one attached hydrogen (secondary N) is 1. The molecule has 1 N–H and O–H groups in total. The smallest absolute Gasteiger partial charge is 0.237 e. The highest BCUT2D eigenvalue weighted by atomic mass is 32.2. The Morgan fingerprint density at radius 2 is 1.65 bits per heavy atom. The number of sulfonamides is 1. The minimum Gasteiger partial charge on any atom is -0.280 e. The zero-order valence-electron chi connectivity index (χ0n) is 14.6. The monoisotopic (exact) mass is 373 g/mol. The van der Waals surface area contributed by atoms with E-state index in [9.17, 15) is 12.8 Å². The molecule has 0 aliphatic rings. The van der Waals surface area contributed by atoms with Gasteiger partial charge in [-0.3, -0.25) is 9.40 Å². The van der Waals surface area contributed by atoms with Gasteiger partial charge in [0.1, 0.15) is 5.82 Å². The summed E-state index contributed by atoms with van der Waals surface area (Å²) in [5.41, 5.74) is 3.40. The van der Waals surface area contributed by atoms with Crippen molar-refractivity contribution in [2.75, 3.05) is 4.72 Å². The Kier molecular flexibility index (Phi) is 5.08. The van der Waals surface area contributed by atoms with Crippen LogP contribution in [-0.2, 0) is 22.3 Å². The summed E-state index contributed by atoms with van der Waals surface area (Å²) in [4.78, 5) is 0. The molecule has 1 heterocycles. The fourth-order valence-corrected chi connectivity index (χ4v) is 4.06. The summed E-state index contributed by atoms with van der Waals surface area (Å²) in [7, 11) is -3.55. The Balaban J connectivity index is 1.80. The zero-order chi connectivity index (χ0) is 18.7. The highest BCUT2D eigenvalue weighted by Crippen LogP contribution is 2.23. The van der Waals surface area contributed by atoms with E-state index >= 15 is 0 Å². The molecule has 7 heteroatoms. The summed E-state index contributed by atoms with van der Waals surface area (Å²) in [6.07, 6.45) is 0. The number of benzene rings is 2. The Morgan fingerprint density at radius 3 is 2.31 bits per heavy atom. The number of halogens is 1. The van der Waals surface area contributed by atoms with E-state index in [1.165, 1.54) is 12.1 Å². The van der Waals surface area contributed by atoms with Crippen molar-refractivity contribution in [3.8, 4) is 0 Å². The van der Waals surface area contributed by atoms with Gasteiger partial charge in [-0.1, -0.05) is 42.5 Å². The summed E-state index contributed by atoms with van der Waals surface area (Å²) in [6, 6.07) is 15.2. The molecule has 3 rings (SSSR count). The third-order valence-corrected chi connectivity index (χ3v) is 5.31. The predicted molar refractivity (Wildman–Crippen MR) is 99.9 cm³/mol. The van der Waals surface area contributed by atoms with Crippen molar-refractivity contribution in [1.82, 2.24) is 9.78 Å². The number of aryl methyl sites for hydroxylation is 1. The van der Waals surface area contributed by atoms with E-state index < -0.39 is 10.0 Å². The van der Waals surface area contributed by atoms with Gasteiger partial charge in [0.15, 0.2) is 0 Å². The maximum absolute atomic E-state index is 13.0. The van der Waals surface area contributed by atoms with Gasteiger partial charge in [0.05, 0.1) is 29.4 Å². The summed E-state index contributed by atoms with van der Waals surface area (Å²) in [5, 5.41) is 4.42. The van der Waals surface area contributed by atoms with Gasteiger partial charge in [-0.05, 0) is 37.1 Å². The molecule has 0 saturated carbocycles. The van der Waals surface area contributed by atoms with Gasteiger partial charge in [0.25, 0.3) is 0 Å². The average Bonchev–Trinajstić information content (AvgIpc) is 2.84. The van der Waals surface area contributed by atoms with Crippen LogP contribution in [0.1, 0.15) is 22.5 Å². The molecule has 0 unspecified atom stereocenters. The van der Waals surface area contributed by atoms with Crippen LogP contribution in [0.5, 0.6) is 0 Å². The molecule has 3 aromatic rings. The largest absolute Gasteiger partial charge is 0.280 e. The van der Waals surface area contributed by atoms with Gasteiger partial charge < -0.3 is 0 Å². The van der Waals surface area contributed by atoms with Gasteiger partial charge in [0, 0.05) is 0 Å². The lowest BCUT2D eigenvalue weighted by Crippen LogP contribution is -2.16. The first kappa shape index (κ1) is 18.1. The molecule has 0 spiro atoms. The summed E-state index contributed by atoms with van der Waals surface area (Å²) >= 11 is 0. The first-order valence-corrected chi connectivity index (χ1v) is 9.82. The molecule has 0 amide bonds. The van der Waals surface area contributed by atoms with E-state index in [4.69, 9.17) is 0 Å². The highest BCUT2D eigenvalue weighted by Gasteiger charge is 2.18. The van der Waals surface area contributed by atoms with Crippen molar-refractivity contribution in [3.63, 3.8) is 0 Å². The van der Waals surface area contributed by atoms with Crippen LogP contribution in [0.3, 0.4) is 0 Å². The van der Waals surface area contributed by atoms with Gasteiger partial charge in [-0.25, -0.2) is 12.8 Å². The molecule has 0 saturated heterocycles. The van der Waals surface area contributed by atoms with Crippen molar-refractivity contribution in [1.29, 1.82) is 0 Å². The quantitative estimate of drug-likeness (QED) is 0.718. The number of hydrogen-bond donors (Lipinski definition) is 1. The molecule has 0 aliphatic carbocycles. The van der Waals surface area contributed by atoms with Crippen molar-refractivity contribution < 1.29 is 12.8 Å². The Labute approximate surface area is 152 Å². The van der Waals surface area contributed by atoms with Gasteiger partial charge in [-0.15, -0.1) is 0 Å². The first-order valence-electron chi connectivity index (χ1n) is 8.17. The Morgan fingerprint density at radius 1 is 1.00 bits per heavy atom. The van der Waals surface area contributed by atoms with Crippen LogP contribution >= 0.6 is 0 Å². The predicted octanol–water partition coefficient (Wildman–Crippen LogP) is 3.63. The van der Waals surface area contributed by atoms with Crippen molar-refractivity contribution in [2.45, 2.75) is 26.1 Å². The second-order valence-corrected chi connectivity index (χ2v) is 7.90. The van der Waals surface area contributed by atoms with Crippen LogP contribution < -0.4 is 4.72 Å². The number of anilines is 1. The Bertz CT molecular complexity index is 997. The summed E-state index contributed by atoms with van der Waals surface area (Å²) in [5.74, 6) is -0.396. The number of aromatic nitrogens is 2. The Hall–Kier alpha value is -2.67. The lowest BCUT2D eigenvalue weighted by Gasteiger charge is -2.09. The van der Waals surface area contributed by atoms with E-state index in [0.29, 0.717) is 29.2 Å². The molecular formula is C19H20FN3O2S.